The van der Waals surface area contributed by atoms with Gasteiger partial charge in [-0.05, 0) is 81.2 Å². The standard InChI is InChI=1S/C28H26N4OS2/c1-17-5-9-20(10-6-17)25-24(19(3)32(28(34)29-25)22-13-7-18(2)8-14-22)27-30-26(31-33-27)21-11-15-23(35-4)16-12-21/h5-16,25H,1-4H3,(H,29,34). The first kappa shape index (κ1) is 23.3. The molecule has 1 aromatic heterocycles. The number of aryl methyl sites for hydroxylation is 2. The number of benzene rings is 3. The first-order valence-corrected chi connectivity index (χ1v) is 13.0. The molecule has 5 rings (SSSR count). The summed E-state index contributed by atoms with van der Waals surface area (Å²) in [4.78, 5) is 8.04. The van der Waals surface area contributed by atoms with Crippen LogP contribution in [0.3, 0.4) is 0 Å². The van der Waals surface area contributed by atoms with Crippen LogP contribution in [-0.4, -0.2) is 21.5 Å². The first-order valence-electron chi connectivity index (χ1n) is 11.4. The van der Waals surface area contributed by atoms with Crippen molar-refractivity contribution in [2.24, 2.45) is 0 Å². The summed E-state index contributed by atoms with van der Waals surface area (Å²) in [6, 6.07) is 24.7. The van der Waals surface area contributed by atoms with E-state index in [1.807, 2.05) is 17.0 Å². The maximum Gasteiger partial charge on any atom is 0.258 e. The second-order valence-corrected chi connectivity index (χ2v) is 9.88. The maximum absolute atomic E-state index is 5.87. The lowest BCUT2D eigenvalue weighted by atomic mass is 9.94. The summed E-state index contributed by atoms with van der Waals surface area (Å²) in [6.45, 7) is 6.21. The van der Waals surface area contributed by atoms with E-state index in [0.717, 1.165) is 28.1 Å². The zero-order valence-corrected chi connectivity index (χ0v) is 21.7. The van der Waals surface area contributed by atoms with Gasteiger partial charge in [-0.25, -0.2) is 0 Å². The highest BCUT2D eigenvalue weighted by Gasteiger charge is 2.34. The van der Waals surface area contributed by atoms with E-state index in [2.05, 4.69) is 98.2 Å². The van der Waals surface area contributed by atoms with Crippen molar-refractivity contribution < 1.29 is 4.52 Å². The molecule has 1 atom stereocenters. The topological polar surface area (TPSA) is 54.2 Å². The van der Waals surface area contributed by atoms with E-state index in [1.54, 1.807) is 11.8 Å². The third-order valence-corrected chi connectivity index (χ3v) is 7.24. The van der Waals surface area contributed by atoms with Crippen LogP contribution in [0.4, 0.5) is 5.69 Å². The number of hydrogen-bond acceptors (Lipinski definition) is 5. The zero-order valence-electron chi connectivity index (χ0n) is 20.1. The van der Waals surface area contributed by atoms with E-state index in [1.165, 1.54) is 16.0 Å². The predicted octanol–water partition coefficient (Wildman–Crippen LogP) is 6.94. The molecule has 0 aliphatic carbocycles. The van der Waals surface area contributed by atoms with Crippen LogP contribution in [0.15, 0.2) is 87.9 Å². The summed E-state index contributed by atoms with van der Waals surface area (Å²) in [5, 5.41) is 8.48. The van der Waals surface area contributed by atoms with Gasteiger partial charge in [0.25, 0.3) is 5.89 Å². The van der Waals surface area contributed by atoms with Crippen LogP contribution < -0.4 is 10.2 Å². The van der Waals surface area contributed by atoms with E-state index in [0.29, 0.717) is 16.8 Å². The van der Waals surface area contributed by atoms with Crippen molar-refractivity contribution in [1.29, 1.82) is 0 Å². The van der Waals surface area contributed by atoms with Gasteiger partial charge < -0.3 is 9.84 Å². The van der Waals surface area contributed by atoms with Gasteiger partial charge in [-0.2, -0.15) is 4.98 Å². The van der Waals surface area contributed by atoms with Crippen LogP contribution in [0.25, 0.3) is 17.0 Å². The lowest BCUT2D eigenvalue weighted by Crippen LogP contribution is -2.46. The van der Waals surface area contributed by atoms with Crippen molar-refractivity contribution in [2.75, 3.05) is 11.2 Å². The minimum absolute atomic E-state index is 0.211. The van der Waals surface area contributed by atoms with Gasteiger partial charge in [-0.1, -0.05) is 52.7 Å². The molecule has 1 N–H and O–H groups in total. The summed E-state index contributed by atoms with van der Waals surface area (Å²) < 4.78 is 5.87. The van der Waals surface area contributed by atoms with Crippen molar-refractivity contribution in [3.63, 3.8) is 0 Å². The van der Waals surface area contributed by atoms with Crippen LogP contribution in [0.5, 0.6) is 0 Å². The quantitative estimate of drug-likeness (QED) is 0.236. The summed E-state index contributed by atoms with van der Waals surface area (Å²) in [5.41, 5.74) is 7.23. The van der Waals surface area contributed by atoms with E-state index in [-0.39, 0.29) is 6.04 Å². The van der Waals surface area contributed by atoms with Gasteiger partial charge in [-0.15, -0.1) is 11.8 Å². The Bertz CT molecular complexity index is 1390. The van der Waals surface area contributed by atoms with Crippen molar-refractivity contribution in [2.45, 2.75) is 31.7 Å². The fourth-order valence-corrected chi connectivity index (χ4v) is 4.99. The van der Waals surface area contributed by atoms with E-state index >= 15 is 0 Å². The van der Waals surface area contributed by atoms with Gasteiger partial charge in [0.1, 0.15) is 0 Å². The Labute approximate surface area is 215 Å². The largest absolute Gasteiger partial charge is 0.351 e. The Balaban J connectivity index is 1.62. The summed E-state index contributed by atoms with van der Waals surface area (Å²) in [5.74, 6) is 1.04. The number of aromatic nitrogens is 2. The van der Waals surface area contributed by atoms with Crippen LogP contribution in [0.1, 0.15) is 35.5 Å². The van der Waals surface area contributed by atoms with Crippen molar-refractivity contribution in [1.82, 2.24) is 15.5 Å². The summed E-state index contributed by atoms with van der Waals surface area (Å²) in [6.07, 6.45) is 2.06. The number of rotatable bonds is 5. The van der Waals surface area contributed by atoms with Gasteiger partial charge in [0.15, 0.2) is 5.11 Å². The summed E-state index contributed by atoms with van der Waals surface area (Å²) in [7, 11) is 0. The molecule has 1 aliphatic rings. The molecule has 2 heterocycles. The van der Waals surface area contributed by atoms with Gasteiger partial charge in [0.2, 0.25) is 5.82 Å². The molecule has 0 saturated heterocycles. The van der Waals surface area contributed by atoms with Crippen molar-refractivity contribution >= 4 is 40.4 Å². The highest BCUT2D eigenvalue weighted by atomic mass is 32.2. The third kappa shape index (κ3) is 4.61. The maximum atomic E-state index is 5.87. The molecule has 0 fully saturated rings. The fourth-order valence-electron chi connectivity index (χ4n) is 4.22. The van der Waals surface area contributed by atoms with Crippen LogP contribution in [-0.2, 0) is 0 Å². The Morgan fingerprint density at radius 2 is 1.51 bits per heavy atom. The van der Waals surface area contributed by atoms with Crippen molar-refractivity contribution in [3.05, 3.63) is 101 Å². The number of allylic oxidation sites excluding steroid dienone is 1. The van der Waals surface area contributed by atoms with Crippen LogP contribution in [0.2, 0.25) is 0 Å². The molecule has 0 amide bonds. The lowest BCUT2D eigenvalue weighted by molar-refractivity contribution is 0.404. The summed E-state index contributed by atoms with van der Waals surface area (Å²) >= 11 is 7.54. The second kappa shape index (κ2) is 9.68. The molecule has 1 unspecified atom stereocenters. The van der Waals surface area contributed by atoms with Gasteiger partial charge in [-0.3, -0.25) is 4.90 Å². The number of anilines is 1. The average Bonchev–Trinajstić information content (AvgIpc) is 3.35. The molecule has 3 aromatic carbocycles. The predicted molar refractivity (Wildman–Crippen MR) is 147 cm³/mol. The van der Waals surface area contributed by atoms with Gasteiger partial charge in [0.05, 0.1) is 11.6 Å². The number of thiocarbonyl (C=S) groups is 1. The first-order chi connectivity index (χ1) is 16.9. The highest BCUT2D eigenvalue weighted by molar-refractivity contribution is 7.98. The molecule has 0 spiro atoms. The SMILES string of the molecule is CSc1ccc(-c2noc(C3=C(C)N(c4ccc(C)cc4)C(=S)NC3c3ccc(C)cc3)n2)cc1. The number of thioether (sulfide) groups is 1. The molecular weight excluding hydrogens is 472 g/mol. The Morgan fingerprint density at radius 1 is 0.886 bits per heavy atom. The number of nitrogens with one attached hydrogen (secondary N) is 1. The lowest BCUT2D eigenvalue weighted by Gasteiger charge is -2.37. The Hall–Kier alpha value is -3.42. The average molecular weight is 499 g/mol. The zero-order chi connectivity index (χ0) is 24.5. The molecule has 0 radical (unpaired) electrons. The molecule has 5 nitrogen and oxygen atoms in total. The second-order valence-electron chi connectivity index (χ2n) is 8.61. The van der Waals surface area contributed by atoms with Gasteiger partial charge in [0, 0.05) is 21.8 Å². The Morgan fingerprint density at radius 3 is 2.14 bits per heavy atom. The normalized spacial score (nSPS) is 15.9. The minimum Gasteiger partial charge on any atom is -0.351 e. The van der Waals surface area contributed by atoms with Crippen LogP contribution >= 0.6 is 24.0 Å². The molecule has 1 aliphatic heterocycles. The molecular formula is C28H26N4OS2. The molecule has 0 bridgehead atoms. The molecule has 0 saturated carbocycles. The van der Waals surface area contributed by atoms with E-state index < -0.39 is 0 Å². The number of nitrogens with zero attached hydrogens (tertiary/aromatic N) is 3. The Kier molecular flexibility index (Phi) is 6.45. The van der Waals surface area contributed by atoms with E-state index in [9.17, 15) is 0 Å². The molecule has 7 heteroatoms. The van der Waals surface area contributed by atoms with Crippen LogP contribution in [0, 0.1) is 13.8 Å². The number of hydrogen-bond donors (Lipinski definition) is 1. The van der Waals surface area contributed by atoms with Gasteiger partial charge >= 0.3 is 0 Å². The van der Waals surface area contributed by atoms with Crippen molar-refractivity contribution in [3.8, 4) is 11.4 Å². The molecule has 35 heavy (non-hydrogen) atoms. The minimum atomic E-state index is -0.211. The monoisotopic (exact) mass is 498 g/mol. The molecule has 176 valence electrons. The molecule has 4 aromatic rings. The van der Waals surface area contributed by atoms with E-state index in [4.69, 9.17) is 21.7 Å². The third-order valence-electron chi connectivity index (χ3n) is 6.19. The highest BCUT2D eigenvalue weighted by Crippen LogP contribution is 2.39. The fraction of sp³-hybridized carbons (Fsp3) is 0.179. The smallest absolute Gasteiger partial charge is 0.258 e.